The molecular weight excluding hydrogens is 1000 g/mol. The first-order valence-electron chi connectivity index (χ1n) is 21.7. The summed E-state index contributed by atoms with van der Waals surface area (Å²) in [5.74, 6) is -4.77. The number of hydrogen-bond donors (Lipinski definition) is 8. The minimum absolute atomic E-state index is 0.0148. The Morgan fingerprint density at radius 2 is 1.74 bits per heavy atom. The molecule has 3 aliphatic rings. The summed E-state index contributed by atoms with van der Waals surface area (Å²) >= 11 is -2.50. The number of benzene rings is 2. The predicted molar refractivity (Wildman–Crippen MR) is 259 cm³/mol. The molecule has 4 heterocycles. The van der Waals surface area contributed by atoms with E-state index in [1.54, 1.807) is 48.2 Å². The Morgan fingerprint density at radius 3 is 2.40 bits per heavy atom. The van der Waals surface area contributed by atoms with Crippen LogP contribution in [0.5, 0.6) is 0 Å². The van der Waals surface area contributed by atoms with Gasteiger partial charge in [0.15, 0.2) is 28.0 Å². The number of fused-ring (bicyclic) bond motifs is 3. The van der Waals surface area contributed by atoms with Crippen LogP contribution >= 0.6 is 21.6 Å². The highest BCUT2D eigenvalue weighted by Gasteiger charge is 2.57. The molecule has 2 unspecified atom stereocenters. The number of anilines is 2. The maximum atomic E-state index is 13.5. The van der Waals surface area contributed by atoms with Crippen LogP contribution in [0.2, 0.25) is 0 Å². The zero-order chi connectivity index (χ0) is 52.0. The van der Waals surface area contributed by atoms with Crippen molar-refractivity contribution in [2.75, 3.05) is 37.2 Å². The quantitative estimate of drug-likeness (QED) is 0.0356. The lowest BCUT2D eigenvalue weighted by atomic mass is 9.84. The van der Waals surface area contributed by atoms with Crippen LogP contribution in [0.4, 0.5) is 21.2 Å². The molecule has 1 fully saturated rings. The second-order valence-corrected chi connectivity index (χ2v) is 19.9. The largest absolute Gasteiger partial charge is 0.492 e. The fourth-order valence-electron chi connectivity index (χ4n) is 8.23. The number of amides is 4. The van der Waals surface area contributed by atoms with Gasteiger partial charge in [-0.1, -0.05) is 33.7 Å². The van der Waals surface area contributed by atoms with Crippen molar-refractivity contribution in [2.45, 2.75) is 68.2 Å². The number of H-pyrrole nitrogens is 1. The lowest BCUT2D eigenvalue weighted by molar-refractivity contribution is -0.139. The molecule has 72 heavy (non-hydrogen) atoms. The molecule has 1 saturated heterocycles. The Labute approximate surface area is 418 Å². The number of carboxylic acid groups (broad SMARTS) is 1. The van der Waals surface area contributed by atoms with Gasteiger partial charge in [-0.3, -0.25) is 33.9 Å². The van der Waals surface area contributed by atoms with Gasteiger partial charge in [-0.15, -0.1) is 0 Å². The summed E-state index contributed by atoms with van der Waals surface area (Å²) < 4.78 is 38.0. The van der Waals surface area contributed by atoms with Crippen LogP contribution in [0.25, 0.3) is 11.2 Å². The van der Waals surface area contributed by atoms with Gasteiger partial charge in [0.05, 0.1) is 50.0 Å². The number of ether oxygens (including phenoxy) is 3. The van der Waals surface area contributed by atoms with E-state index in [9.17, 15) is 52.2 Å². The number of rotatable bonds is 20. The predicted octanol–water partition coefficient (Wildman–Crippen LogP) is 2.00. The van der Waals surface area contributed by atoms with Crippen molar-refractivity contribution in [1.82, 2.24) is 40.4 Å². The molecule has 1 aliphatic carbocycles. The number of ketones is 2. The molecule has 10 N–H and O–H groups in total. The Bertz CT molecular complexity index is 2970. The smallest absolute Gasteiger partial charge is 0.411 e. The SMILES string of the molecule is COC1=C(C)C(=O)C2=C(C1=O)[C@@H](COC(N)=O)C1[C@H](C)N(C(=O)OCc3ccc(SSC[C@H](NC(=O)CC[C@H](NC(=O)c4ccc(NCc5cnc6nc(N)[nH]c(=O)c6n5)cc4)C(=O)O)S(=O)O)cc3)CN21. The number of primary amides is 1. The van der Waals surface area contributed by atoms with Crippen LogP contribution < -0.4 is 33.0 Å². The third-order valence-corrected chi connectivity index (χ3v) is 15.1. The van der Waals surface area contributed by atoms with Crippen molar-refractivity contribution >= 4 is 97.0 Å². The van der Waals surface area contributed by atoms with Gasteiger partial charge in [-0.2, -0.15) is 4.98 Å². The molecule has 0 saturated carbocycles. The van der Waals surface area contributed by atoms with Crippen molar-refractivity contribution in [3.63, 3.8) is 0 Å². The minimum Gasteiger partial charge on any atom is -0.492 e. The number of nitrogens with zero attached hydrogens (tertiary/aromatic N) is 5. The van der Waals surface area contributed by atoms with E-state index in [1.165, 1.54) is 58.9 Å². The van der Waals surface area contributed by atoms with Gasteiger partial charge in [0.2, 0.25) is 23.4 Å². The van der Waals surface area contributed by atoms with Crippen LogP contribution in [0.15, 0.2) is 87.0 Å². The topological polar surface area (TPSA) is 371 Å². The number of methoxy groups -OCH3 is 1. The van der Waals surface area contributed by atoms with E-state index >= 15 is 0 Å². The summed E-state index contributed by atoms with van der Waals surface area (Å²) in [6.07, 6.45) is -1.04. The molecule has 28 heteroatoms. The Kier molecular flexibility index (Phi) is 16.5. The van der Waals surface area contributed by atoms with E-state index in [2.05, 4.69) is 35.9 Å². The van der Waals surface area contributed by atoms with E-state index in [0.717, 1.165) is 4.90 Å². The van der Waals surface area contributed by atoms with Crippen LogP contribution in [0.1, 0.15) is 48.3 Å². The highest BCUT2D eigenvalue weighted by molar-refractivity contribution is 8.76. The average molecular weight is 1050 g/mol. The van der Waals surface area contributed by atoms with E-state index in [4.69, 9.17) is 25.7 Å². The van der Waals surface area contributed by atoms with Crippen molar-refractivity contribution < 1.29 is 61.6 Å². The molecule has 0 bridgehead atoms. The summed E-state index contributed by atoms with van der Waals surface area (Å²) in [4.78, 5) is 120. The van der Waals surface area contributed by atoms with Gasteiger partial charge >= 0.3 is 18.2 Å². The third kappa shape index (κ3) is 11.8. The number of aromatic amines is 1. The normalized spacial score (nSPS) is 18.5. The number of aromatic nitrogens is 4. The molecule has 6 atom stereocenters. The van der Waals surface area contributed by atoms with E-state index in [-0.39, 0.29) is 90.3 Å². The fraction of sp³-hybridized carbons (Fsp3) is 0.341. The molecular formula is C44H47N11O14S3. The first-order valence-corrected chi connectivity index (χ1v) is 25.2. The second kappa shape index (κ2) is 22.7. The maximum Gasteiger partial charge on any atom is 0.411 e. The van der Waals surface area contributed by atoms with Crippen molar-refractivity contribution in [2.24, 2.45) is 11.7 Å². The van der Waals surface area contributed by atoms with Gasteiger partial charge in [0.25, 0.3) is 11.5 Å². The maximum absolute atomic E-state index is 13.5. The van der Waals surface area contributed by atoms with Crippen molar-refractivity contribution in [3.05, 3.63) is 105 Å². The van der Waals surface area contributed by atoms with Crippen molar-refractivity contribution in [1.29, 1.82) is 0 Å². The number of carbonyl (C=O) groups excluding carboxylic acids is 6. The second-order valence-electron chi connectivity index (χ2n) is 16.3. The molecule has 4 aromatic rings. The van der Waals surface area contributed by atoms with E-state index < -0.39 is 87.6 Å². The lowest BCUT2D eigenvalue weighted by Gasteiger charge is -2.27. The molecule has 7 rings (SSSR count). The molecule has 25 nitrogen and oxygen atoms in total. The highest BCUT2D eigenvalue weighted by atomic mass is 33.1. The Morgan fingerprint density at radius 1 is 1.01 bits per heavy atom. The summed E-state index contributed by atoms with van der Waals surface area (Å²) in [5, 5.41) is 16.5. The first kappa shape index (κ1) is 52.3. The lowest BCUT2D eigenvalue weighted by Crippen LogP contribution is -2.43. The summed E-state index contributed by atoms with van der Waals surface area (Å²) in [7, 11) is 3.70. The molecule has 4 amide bonds. The van der Waals surface area contributed by atoms with Gasteiger partial charge in [0.1, 0.15) is 24.6 Å². The Balaban J connectivity index is 0.839. The minimum atomic E-state index is -2.50. The standard InChI is InChI=1S/C44H47N11O14S3/c1-20-35(57)34-31(36(58)37(20)67-3)27(17-68-43(46)63)33-21(2)54(19-55(33)34)44(64)69-16-22-4-10-26(11-5-22)71-70-18-30(72(65)66)51-29(56)13-12-28(41(61)62)50-39(59)23-6-8-24(9-7-23)47-14-25-15-48-38-32(49-25)40(60)53-42(45)52-38/h4-11,15,21,27-28,30,33,47H,12-14,16-19H2,1-3H3,(H2,46,63)(H,50,59)(H,51,56)(H,61,62)(H,65,66)(H3,45,48,52,53,60)/t21-,27+,28-,30+,33?/m0/s1. The van der Waals surface area contributed by atoms with Crippen LogP contribution in [-0.2, 0) is 57.6 Å². The number of nitrogen functional groups attached to an aromatic ring is 1. The number of Topliss-reactive ketones (excluding diaryl/α,β-unsaturated/α-hetero) is 2. The van der Waals surface area contributed by atoms with Gasteiger partial charge in [-0.25, -0.2) is 28.6 Å². The number of allylic oxidation sites excluding steroid dienone is 2. The third-order valence-electron chi connectivity index (χ3n) is 11.8. The van der Waals surface area contributed by atoms with Gasteiger partial charge < -0.3 is 56.2 Å². The molecule has 2 aromatic carbocycles. The zero-order valence-electron chi connectivity index (χ0n) is 38.4. The Hall–Kier alpha value is -7.56. The van der Waals surface area contributed by atoms with Crippen LogP contribution in [-0.4, -0.2) is 135 Å². The summed E-state index contributed by atoms with van der Waals surface area (Å²) in [5.41, 5.74) is 12.5. The fourth-order valence-corrected chi connectivity index (χ4v) is 11.4. The molecule has 2 aliphatic heterocycles. The number of aliphatic carboxylic acids is 1. The first-order chi connectivity index (χ1) is 34.3. The van der Waals surface area contributed by atoms with Gasteiger partial charge in [-0.05, 0) is 62.2 Å². The highest BCUT2D eigenvalue weighted by Crippen LogP contribution is 2.46. The zero-order valence-corrected chi connectivity index (χ0v) is 40.9. The number of nitrogens with one attached hydrogen (secondary N) is 4. The monoisotopic (exact) mass is 1050 g/mol. The average Bonchev–Trinajstić information content (AvgIpc) is 3.86. The summed E-state index contributed by atoms with van der Waals surface area (Å²) in [6, 6.07) is 10.3. The van der Waals surface area contributed by atoms with E-state index in [0.29, 0.717) is 16.9 Å². The number of hydrogen-bond acceptors (Lipinski definition) is 20. The summed E-state index contributed by atoms with van der Waals surface area (Å²) in [6.45, 7) is 2.87. The molecule has 0 spiro atoms. The molecule has 0 radical (unpaired) electrons. The number of carbonyl (C=O) groups is 7. The van der Waals surface area contributed by atoms with Crippen LogP contribution in [0.3, 0.4) is 0 Å². The molecule has 2 aromatic heterocycles. The number of carboxylic acids is 1. The molecule has 380 valence electrons. The number of nitrogens with two attached hydrogens (primary N) is 2. The van der Waals surface area contributed by atoms with Crippen LogP contribution in [0, 0.1) is 5.92 Å². The van der Waals surface area contributed by atoms with Gasteiger partial charge in [0, 0.05) is 45.4 Å². The van der Waals surface area contributed by atoms with E-state index in [1.807, 2.05) is 0 Å². The van der Waals surface area contributed by atoms with Crippen molar-refractivity contribution in [3.8, 4) is 0 Å².